The smallest absolute Gasteiger partial charge is 0.0621 e. The van der Waals surface area contributed by atoms with Gasteiger partial charge < -0.3 is 10.5 Å². The number of hydrogen-bond acceptors (Lipinski definition) is 2. The third kappa shape index (κ3) is 3.95. The summed E-state index contributed by atoms with van der Waals surface area (Å²) < 4.78 is 6.59. The molecule has 0 amide bonds. The van der Waals surface area contributed by atoms with Gasteiger partial charge in [-0.05, 0) is 56.4 Å². The van der Waals surface area contributed by atoms with Crippen molar-refractivity contribution in [1.82, 2.24) is 0 Å². The third-order valence-corrected chi connectivity index (χ3v) is 5.63. The van der Waals surface area contributed by atoms with Crippen LogP contribution in [-0.2, 0) is 4.74 Å². The summed E-state index contributed by atoms with van der Waals surface area (Å²) in [5, 5.41) is 0. The van der Waals surface area contributed by atoms with Gasteiger partial charge in [-0.1, -0.05) is 39.5 Å². The van der Waals surface area contributed by atoms with Crippen LogP contribution in [0.25, 0.3) is 0 Å². The summed E-state index contributed by atoms with van der Waals surface area (Å²) >= 11 is 0. The molecule has 0 spiro atoms. The van der Waals surface area contributed by atoms with Crippen LogP contribution in [0.1, 0.15) is 71.6 Å². The van der Waals surface area contributed by atoms with Gasteiger partial charge in [0.2, 0.25) is 0 Å². The molecule has 5 unspecified atom stereocenters. The van der Waals surface area contributed by atoms with Crippen molar-refractivity contribution in [3.63, 3.8) is 0 Å². The van der Waals surface area contributed by atoms with Crippen LogP contribution in [0.5, 0.6) is 0 Å². The minimum absolute atomic E-state index is 0.445. The molecule has 0 aromatic heterocycles. The van der Waals surface area contributed by atoms with Crippen LogP contribution in [-0.4, -0.2) is 18.8 Å². The van der Waals surface area contributed by atoms with Crippen LogP contribution in [0.4, 0.5) is 0 Å². The molecule has 2 rings (SSSR count). The number of hydrogen-bond donors (Lipinski definition) is 1. The van der Waals surface area contributed by atoms with Crippen LogP contribution >= 0.6 is 0 Å². The fourth-order valence-corrected chi connectivity index (χ4v) is 4.13. The Hall–Kier alpha value is -0.0800. The van der Waals surface area contributed by atoms with Gasteiger partial charge in [0, 0.05) is 0 Å². The lowest BCUT2D eigenvalue weighted by Gasteiger charge is -2.40. The molecule has 0 heterocycles. The zero-order chi connectivity index (χ0) is 13.7. The summed E-state index contributed by atoms with van der Waals surface area (Å²) in [6, 6.07) is 0. The Morgan fingerprint density at radius 1 is 0.895 bits per heavy atom. The molecule has 0 radical (unpaired) electrons. The van der Waals surface area contributed by atoms with Gasteiger partial charge in [-0.3, -0.25) is 0 Å². The van der Waals surface area contributed by atoms with E-state index in [1.54, 1.807) is 0 Å². The molecule has 2 heteroatoms. The highest BCUT2D eigenvalue weighted by molar-refractivity contribution is 4.84. The van der Waals surface area contributed by atoms with Crippen molar-refractivity contribution in [2.75, 3.05) is 6.54 Å². The molecule has 2 saturated carbocycles. The van der Waals surface area contributed by atoms with E-state index in [1.165, 1.54) is 57.8 Å². The Morgan fingerprint density at radius 3 is 2.37 bits per heavy atom. The SMILES string of the molecule is CCC1CCC(CN)C(OC2CCCCC2CC)C1. The molecule has 112 valence electrons. The fourth-order valence-electron chi connectivity index (χ4n) is 4.13. The second-order valence-corrected chi connectivity index (χ2v) is 6.75. The van der Waals surface area contributed by atoms with Gasteiger partial charge >= 0.3 is 0 Å². The fraction of sp³-hybridized carbons (Fsp3) is 1.00. The monoisotopic (exact) mass is 267 g/mol. The molecule has 0 aliphatic heterocycles. The molecular weight excluding hydrogens is 234 g/mol. The van der Waals surface area contributed by atoms with Gasteiger partial charge in [0.05, 0.1) is 12.2 Å². The van der Waals surface area contributed by atoms with Crippen molar-refractivity contribution < 1.29 is 4.74 Å². The number of rotatable bonds is 5. The lowest BCUT2D eigenvalue weighted by molar-refractivity contribution is -0.102. The Labute approximate surface area is 119 Å². The molecule has 5 atom stereocenters. The summed E-state index contributed by atoms with van der Waals surface area (Å²) in [5.41, 5.74) is 5.97. The predicted octanol–water partition coefficient (Wildman–Crippen LogP) is 4.13. The summed E-state index contributed by atoms with van der Waals surface area (Å²) in [4.78, 5) is 0. The van der Waals surface area contributed by atoms with Gasteiger partial charge in [0.1, 0.15) is 0 Å². The van der Waals surface area contributed by atoms with E-state index in [0.717, 1.165) is 18.4 Å². The molecule has 2 fully saturated rings. The predicted molar refractivity (Wildman–Crippen MR) is 81.1 cm³/mol. The maximum absolute atomic E-state index is 6.59. The maximum atomic E-state index is 6.59. The Balaban J connectivity index is 1.93. The lowest BCUT2D eigenvalue weighted by atomic mass is 9.78. The van der Waals surface area contributed by atoms with Crippen LogP contribution < -0.4 is 5.73 Å². The summed E-state index contributed by atoms with van der Waals surface area (Å²) in [7, 11) is 0. The minimum atomic E-state index is 0.445. The molecular formula is C17H33NO. The van der Waals surface area contributed by atoms with E-state index >= 15 is 0 Å². The van der Waals surface area contributed by atoms with Gasteiger partial charge in [-0.25, -0.2) is 0 Å². The summed E-state index contributed by atoms with van der Waals surface area (Å²) in [6.45, 7) is 5.45. The van der Waals surface area contributed by atoms with Crippen molar-refractivity contribution in [2.45, 2.75) is 83.8 Å². The average Bonchev–Trinajstić information content (AvgIpc) is 2.47. The van der Waals surface area contributed by atoms with Gasteiger partial charge in [-0.15, -0.1) is 0 Å². The quantitative estimate of drug-likeness (QED) is 0.813. The van der Waals surface area contributed by atoms with Gasteiger partial charge in [-0.2, -0.15) is 0 Å². The second kappa shape index (κ2) is 7.64. The van der Waals surface area contributed by atoms with Crippen molar-refractivity contribution in [1.29, 1.82) is 0 Å². The minimum Gasteiger partial charge on any atom is -0.374 e. The Morgan fingerprint density at radius 2 is 1.68 bits per heavy atom. The first-order valence-electron chi connectivity index (χ1n) is 8.63. The molecule has 0 bridgehead atoms. The standard InChI is InChI=1S/C17H33NO/c1-3-13-9-10-15(12-18)17(11-13)19-16-8-6-5-7-14(16)4-2/h13-17H,3-12,18H2,1-2H3. The van der Waals surface area contributed by atoms with Crippen molar-refractivity contribution in [3.8, 4) is 0 Å². The molecule has 0 saturated heterocycles. The second-order valence-electron chi connectivity index (χ2n) is 6.75. The van der Waals surface area contributed by atoms with Gasteiger partial charge in [0.15, 0.2) is 0 Å². The number of nitrogens with two attached hydrogens (primary N) is 1. The first-order valence-corrected chi connectivity index (χ1v) is 8.63. The molecule has 2 nitrogen and oxygen atoms in total. The zero-order valence-corrected chi connectivity index (χ0v) is 12.9. The van der Waals surface area contributed by atoms with E-state index in [9.17, 15) is 0 Å². The van der Waals surface area contributed by atoms with Crippen molar-refractivity contribution >= 4 is 0 Å². The van der Waals surface area contributed by atoms with E-state index < -0.39 is 0 Å². The first kappa shape index (κ1) is 15.3. The molecule has 0 aromatic rings. The van der Waals surface area contributed by atoms with Crippen LogP contribution in [0.2, 0.25) is 0 Å². The highest BCUT2D eigenvalue weighted by Gasteiger charge is 2.34. The van der Waals surface area contributed by atoms with Crippen LogP contribution in [0, 0.1) is 17.8 Å². The topological polar surface area (TPSA) is 35.2 Å². The van der Waals surface area contributed by atoms with Crippen LogP contribution in [0.3, 0.4) is 0 Å². The molecule has 19 heavy (non-hydrogen) atoms. The summed E-state index contributed by atoms with van der Waals surface area (Å²) in [6.07, 6.45) is 12.9. The summed E-state index contributed by atoms with van der Waals surface area (Å²) in [5.74, 6) is 2.29. The highest BCUT2D eigenvalue weighted by Crippen LogP contribution is 2.37. The average molecular weight is 267 g/mol. The first-order chi connectivity index (χ1) is 9.28. The molecule has 2 N–H and O–H groups in total. The normalized spacial score (nSPS) is 40.3. The van der Waals surface area contributed by atoms with E-state index in [1.807, 2.05) is 0 Å². The Kier molecular flexibility index (Phi) is 6.15. The Bertz CT molecular complexity index is 256. The zero-order valence-electron chi connectivity index (χ0n) is 12.9. The third-order valence-electron chi connectivity index (χ3n) is 5.63. The number of ether oxygens (including phenoxy) is 1. The highest BCUT2D eigenvalue weighted by atomic mass is 16.5. The lowest BCUT2D eigenvalue weighted by Crippen LogP contribution is -2.41. The molecule has 0 aromatic carbocycles. The van der Waals surface area contributed by atoms with Gasteiger partial charge in [0.25, 0.3) is 0 Å². The van der Waals surface area contributed by atoms with Crippen LogP contribution in [0.15, 0.2) is 0 Å². The molecule has 2 aliphatic rings. The molecule has 2 aliphatic carbocycles. The van der Waals surface area contributed by atoms with E-state index in [0.29, 0.717) is 18.1 Å². The van der Waals surface area contributed by atoms with Crippen molar-refractivity contribution in [3.05, 3.63) is 0 Å². The van der Waals surface area contributed by atoms with E-state index in [-0.39, 0.29) is 0 Å². The van der Waals surface area contributed by atoms with E-state index in [4.69, 9.17) is 10.5 Å². The van der Waals surface area contributed by atoms with Crippen molar-refractivity contribution in [2.24, 2.45) is 23.5 Å². The maximum Gasteiger partial charge on any atom is 0.0621 e. The van der Waals surface area contributed by atoms with E-state index in [2.05, 4.69) is 13.8 Å². The largest absolute Gasteiger partial charge is 0.374 e.